The number of hydrogen-bond donors (Lipinski definition) is 2. The number of halogens is 1. The van der Waals surface area contributed by atoms with Gasteiger partial charge >= 0.3 is 0 Å². The molecule has 1 unspecified atom stereocenters. The Morgan fingerprint density at radius 1 is 1.46 bits per heavy atom. The Balaban J connectivity index is 2.52. The molecule has 1 aromatic carbocycles. The lowest BCUT2D eigenvalue weighted by atomic mass is 10.0. The van der Waals surface area contributed by atoms with Crippen LogP contribution in [0.2, 0.25) is 0 Å². The second-order valence-electron chi connectivity index (χ2n) is 3.16. The van der Waals surface area contributed by atoms with Gasteiger partial charge in [0.1, 0.15) is 11.6 Å². The van der Waals surface area contributed by atoms with Crippen molar-refractivity contribution in [1.82, 2.24) is 0 Å². The molecule has 70 valence electrons. The minimum absolute atomic E-state index is 0.0911. The SMILES string of the molecule is Nc1cc2c(cc1F)OCCC2N. The van der Waals surface area contributed by atoms with Gasteiger partial charge in [-0.3, -0.25) is 0 Å². The summed E-state index contributed by atoms with van der Waals surface area (Å²) < 4.78 is 18.2. The van der Waals surface area contributed by atoms with E-state index in [-0.39, 0.29) is 11.7 Å². The van der Waals surface area contributed by atoms with Crippen LogP contribution in [0.3, 0.4) is 0 Å². The van der Waals surface area contributed by atoms with Crippen molar-refractivity contribution in [1.29, 1.82) is 0 Å². The Morgan fingerprint density at radius 2 is 2.23 bits per heavy atom. The molecule has 1 atom stereocenters. The summed E-state index contributed by atoms with van der Waals surface area (Å²) >= 11 is 0. The van der Waals surface area contributed by atoms with Gasteiger partial charge in [0.05, 0.1) is 12.3 Å². The van der Waals surface area contributed by atoms with Crippen molar-refractivity contribution in [3.63, 3.8) is 0 Å². The number of ether oxygens (including phenoxy) is 1. The molecule has 2 rings (SSSR count). The molecule has 0 saturated heterocycles. The molecule has 4 N–H and O–H groups in total. The van der Waals surface area contributed by atoms with E-state index in [0.717, 1.165) is 12.0 Å². The van der Waals surface area contributed by atoms with Crippen LogP contribution in [0.1, 0.15) is 18.0 Å². The molecule has 1 aliphatic heterocycles. The summed E-state index contributed by atoms with van der Waals surface area (Å²) in [6.07, 6.45) is 0.748. The molecule has 0 amide bonds. The van der Waals surface area contributed by atoms with Crippen LogP contribution < -0.4 is 16.2 Å². The summed E-state index contributed by atoms with van der Waals surface area (Å²) in [5, 5.41) is 0. The molecule has 3 nitrogen and oxygen atoms in total. The van der Waals surface area contributed by atoms with Crippen LogP contribution >= 0.6 is 0 Å². The first kappa shape index (κ1) is 8.31. The van der Waals surface area contributed by atoms with E-state index >= 15 is 0 Å². The van der Waals surface area contributed by atoms with Crippen LogP contribution in [0.4, 0.5) is 10.1 Å². The van der Waals surface area contributed by atoms with E-state index in [1.807, 2.05) is 0 Å². The van der Waals surface area contributed by atoms with E-state index in [4.69, 9.17) is 16.2 Å². The molecule has 0 aromatic heterocycles. The Hall–Kier alpha value is -1.29. The van der Waals surface area contributed by atoms with E-state index in [9.17, 15) is 4.39 Å². The van der Waals surface area contributed by atoms with Crippen molar-refractivity contribution >= 4 is 5.69 Å². The van der Waals surface area contributed by atoms with Crippen LogP contribution in [0.5, 0.6) is 5.75 Å². The maximum absolute atomic E-state index is 13.0. The number of benzene rings is 1. The third-order valence-electron chi connectivity index (χ3n) is 2.22. The fourth-order valence-corrected chi connectivity index (χ4v) is 1.46. The second-order valence-corrected chi connectivity index (χ2v) is 3.16. The minimum Gasteiger partial charge on any atom is -0.493 e. The fourth-order valence-electron chi connectivity index (χ4n) is 1.46. The van der Waals surface area contributed by atoms with Crippen molar-refractivity contribution in [2.24, 2.45) is 5.73 Å². The number of nitrogen functional groups attached to an aromatic ring is 1. The number of hydrogen-bond acceptors (Lipinski definition) is 3. The van der Waals surface area contributed by atoms with Gasteiger partial charge in [0, 0.05) is 24.1 Å². The van der Waals surface area contributed by atoms with Gasteiger partial charge in [-0.1, -0.05) is 0 Å². The average molecular weight is 182 g/mol. The zero-order valence-electron chi connectivity index (χ0n) is 7.09. The maximum Gasteiger partial charge on any atom is 0.149 e. The third-order valence-corrected chi connectivity index (χ3v) is 2.22. The lowest BCUT2D eigenvalue weighted by Gasteiger charge is -2.23. The Morgan fingerprint density at radius 3 is 3.00 bits per heavy atom. The van der Waals surface area contributed by atoms with Gasteiger partial charge in [-0.2, -0.15) is 0 Å². The predicted molar refractivity (Wildman–Crippen MR) is 47.9 cm³/mol. The highest BCUT2D eigenvalue weighted by Gasteiger charge is 2.19. The number of nitrogens with two attached hydrogens (primary N) is 2. The minimum atomic E-state index is -0.451. The van der Waals surface area contributed by atoms with Crippen molar-refractivity contribution in [3.8, 4) is 5.75 Å². The van der Waals surface area contributed by atoms with Crippen LogP contribution in [0, 0.1) is 5.82 Å². The van der Waals surface area contributed by atoms with Crippen molar-refractivity contribution < 1.29 is 9.13 Å². The fraction of sp³-hybridized carbons (Fsp3) is 0.333. The first-order valence-corrected chi connectivity index (χ1v) is 4.16. The first-order valence-electron chi connectivity index (χ1n) is 4.16. The van der Waals surface area contributed by atoms with Gasteiger partial charge in [-0.25, -0.2) is 4.39 Å². The number of fused-ring (bicyclic) bond motifs is 1. The molecular formula is C9H11FN2O. The Bertz CT molecular complexity index is 341. The molecule has 13 heavy (non-hydrogen) atoms. The number of rotatable bonds is 0. The summed E-state index contributed by atoms with van der Waals surface area (Å²) in [6.45, 7) is 0.539. The van der Waals surface area contributed by atoms with E-state index < -0.39 is 5.82 Å². The second kappa shape index (κ2) is 2.88. The molecule has 0 radical (unpaired) electrons. The average Bonchev–Trinajstić information content (AvgIpc) is 2.09. The van der Waals surface area contributed by atoms with Crippen molar-refractivity contribution in [3.05, 3.63) is 23.5 Å². The Labute approximate surface area is 75.5 Å². The number of anilines is 1. The molecule has 0 saturated carbocycles. The molecule has 1 aromatic rings. The zero-order chi connectivity index (χ0) is 9.42. The molecule has 1 aliphatic rings. The quantitative estimate of drug-likeness (QED) is 0.592. The maximum atomic E-state index is 13.0. The molecular weight excluding hydrogens is 171 g/mol. The molecule has 4 heteroatoms. The van der Waals surface area contributed by atoms with Gasteiger partial charge < -0.3 is 16.2 Å². The monoisotopic (exact) mass is 182 g/mol. The molecule has 0 spiro atoms. The normalized spacial score (nSPS) is 20.6. The van der Waals surface area contributed by atoms with E-state index in [1.165, 1.54) is 6.07 Å². The summed E-state index contributed by atoms with van der Waals surface area (Å²) in [5.74, 6) is 0.0679. The lowest BCUT2D eigenvalue weighted by Crippen LogP contribution is -2.21. The van der Waals surface area contributed by atoms with Crippen LogP contribution in [0.25, 0.3) is 0 Å². The smallest absolute Gasteiger partial charge is 0.149 e. The van der Waals surface area contributed by atoms with Gasteiger partial charge in [0.2, 0.25) is 0 Å². The van der Waals surface area contributed by atoms with Crippen LogP contribution in [-0.2, 0) is 0 Å². The van der Waals surface area contributed by atoms with Crippen molar-refractivity contribution in [2.45, 2.75) is 12.5 Å². The van der Waals surface area contributed by atoms with Gasteiger partial charge in [0.15, 0.2) is 0 Å². The molecule has 0 aliphatic carbocycles. The molecule has 1 heterocycles. The van der Waals surface area contributed by atoms with Gasteiger partial charge in [-0.15, -0.1) is 0 Å². The van der Waals surface area contributed by atoms with Crippen molar-refractivity contribution in [2.75, 3.05) is 12.3 Å². The topological polar surface area (TPSA) is 61.3 Å². The van der Waals surface area contributed by atoms with Crippen LogP contribution in [0.15, 0.2) is 12.1 Å². The highest BCUT2D eigenvalue weighted by Crippen LogP contribution is 2.33. The molecule has 0 fully saturated rings. The third kappa shape index (κ3) is 1.33. The zero-order valence-corrected chi connectivity index (χ0v) is 7.09. The van der Waals surface area contributed by atoms with Gasteiger partial charge in [0.25, 0.3) is 0 Å². The van der Waals surface area contributed by atoms with Gasteiger partial charge in [-0.05, 0) is 6.07 Å². The standard InChI is InChI=1S/C9H11FN2O/c10-6-4-9-5(3-8(6)12)7(11)1-2-13-9/h3-4,7H,1-2,11-12H2. The first-order chi connectivity index (χ1) is 6.18. The van der Waals surface area contributed by atoms with E-state index in [1.54, 1.807) is 6.07 Å². The highest BCUT2D eigenvalue weighted by atomic mass is 19.1. The van der Waals surface area contributed by atoms with E-state index in [0.29, 0.717) is 12.4 Å². The summed E-state index contributed by atoms with van der Waals surface area (Å²) in [4.78, 5) is 0. The van der Waals surface area contributed by atoms with Crippen LogP contribution in [-0.4, -0.2) is 6.61 Å². The predicted octanol–water partition coefficient (Wildman–Crippen LogP) is 1.19. The largest absolute Gasteiger partial charge is 0.493 e. The summed E-state index contributed by atoms with van der Waals surface area (Å²) in [7, 11) is 0. The lowest BCUT2D eigenvalue weighted by molar-refractivity contribution is 0.267. The Kier molecular flexibility index (Phi) is 1.84. The summed E-state index contributed by atoms with van der Waals surface area (Å²) in [6, 6.07) is 2.75. The molecule has 0 bridgehead atoms. The summed E-state index contributed by atoms with van der Waals surface area (Å²) in [5.41, 5.74) is 12.1. The highest BCUT2D eigenvalue weighted by molar-refractivity contribution is 5.51. The van der Waals surface area contributed by atoms with E-state index in [2.05, 4.69) is 0 Å².